The summed E-state index contributed by atoms with van der Waals surface area (Å²) in [5.41, 5.74) is 2.42. The molecule has 0 aromatic heterocycles. The Kier molecular flexibility index (Phi) is 12.9. The Bertz CT molecular complexity index is 651. The molecule has 0 amide bonds. The van der Waals surface area contributed by atoms with Crippen molar-refractivity contribution in [1.29, 1.82) is 0 Å². The van der Waals surface area contributed by atoms with Crippen LogP contribution in [0, 0.1) is 0 Å². The van der Waals surface area contributed by atoms with Gasteiger partial charge in [-0.15, -0.1) is 0 Å². The minimum Gasteiger partial charge on any atom is -0.545 e. The Morgan fingerprint density at radius 1 is 0.704 bits per heavy atom. The number of aromatic carboxylic acids is 2. The van der Waals surface area contributed by atoms with Crippen LogP contribution in [0.15, 0.2) is 48.5 Å². The van der Waals surface area contributed by atoms with E-state index < -0.39 is 11.9 Å². The van der Waals surface area contributed by atoms with Gasteiger partial charge in [0.2, 0.25) is 0 Å². The van der Waals surface area contributed by atoms with Crippen LogP contribution in [-0.4, -0.2) is 11.9 Å². The van der Waals surface area contributed by atoms with E-state index in [1.807, 2.05) is 24.3 Å². The summed E-state index contributed by atoms with van der Waals surface area (Å²) in [4.78, 5) is 21.3. The van der Waals surface area contributed by atoms with Gasteiger partial charge in [0.1, 0.15) is 0 Å². The zero-order chi connectivity index (χ0) is 19.4. The van der Waals surface area contributed by atoms with Gasteiger partial charge in [-0.2, -0.15) is 0 Å². The second kappa shape index (κ2) is 14.0. The summed E-state index contributed by atoms with van der Waals surface area (Å²) < 4.78 is 0. The van der Waals surface area contributed by atoms with Crippen molar-refractivity contribution >= 4 is 11.9 Å². The summed E-state index contributed by atoms with van der Waals surface area (Å²) in [6, 6.07) is 14.1. The van der Waals surface area contributed by atoms with Crippen LogP contribution in [0.3, 0.4) is 0 Å². The molecule has 0 N–H and O–H groups in total. The number of unbranched alkanes of at least 4 members (excludes halogenated alkanes) is 2. The van der Waals surface area contributed by atoms with E-state index in [0.29, 0.717) is 11.1 Å². The van der Waals surface area contributed by atoms with Crippen molar-refractivity contribution in [2.24, 2.45) is 0 Å². The van der Waals surface area contributed by atoms with Crippen LogP contribution in [0.25, 0.3) is 0 Å². The van der Waals surface area contributed by atoms with Crippen molar-refractivity contribution in [3.8, 4) is 0 Å². The van der Waals surface area contributed by atoms with Gasteiger partial charge in [-0.3, -0.25) is 0 Å². The molecule has 1 radical (unpaired) electrons. The molecular weight excluding hydrogens is 392 g/mol. The average molecular weight is 418 g/mol. The molecule has 0 unspecified atom stereocenters. The number of aryl methyl sites for hydroxylation is 2. The fraction of sp³-hybridized carbons (Fsp3) is 0.364. The fourth-order valence-electron chi connectivity index (χ4n) is 2.61. The summed E-state index contributed by atoms with van der Waals surface area (Å²) >= 11 is 0. The van der Waals surface area contributed by atoms with Crippen molar-refractivity contribution < 1.29 is 36.9 Å². The molecule has 0 heterocycles. The molecule has 4 nitrogen and oxygen atoms in total. The summed E-state index contributed by atoms with van der Waals surface area (Å²) in [6.45, 7) is 4.17. The molecule has 0 saturated carbocycles. The normalized spacial score (nSPS) is 9.56. The van der Waals surface area contributed by atoms with E-state index in [9.17, 15) is 19.8 Å². The standard InChI is InChI=1S/2C11H14O2.Cu/c2*1-2-3-6-9-7-4-5-8-10(9)11(12)13;/h2*4-5,7-8H,2-3,6H2,1H3,(H,12,13);/q;;+2/p-2. The zero-order valence-electron chi connectivity index (χ0n) is 15.8. The maximum atomic E-state index is 10.7. The van der Waals surface area contributed by atoms with Crippen molar-refractivity contribution in [2.45, 2.75) is 52.4 Å². The Balaban J connectivity index is 0.000000483. The van der Waals surface area contributed by atoms with Gasteiger partial charge in [-0.05, 0) is 36.8 Å². The van der Waals surface area contributed by atoms with E-state index in [4.69, 9.17) is 0 Å². The number of hydrogen-bond acceptors (Lipinski definition) is 4. The molecule has 5 heteroatoms. The van der Waals surface area contributed by atoms with Crippen LogP contribution < -0.4 is 10.2 Å². The maximum Gasteiger partial charge on any atom is 2.00 e. The van der Waals surface area contributed by atoms with Crippen LogP contribution in [0.5, 0.6) is 0 Å². The third-order valence-corrected chi connectivity index (χ3v) is 4.07. The van der Waals surface area contributed by atoms with Crippen LogP contribution >= 0.6 is 0 Å². The van der Waals surface area contributed by atoms with Gasteiger partial charge < -0.3 is 19.8 Å². The van der Waals surface area contributed by atoms with Gasteiger partial charge >= 0.3 is 17.1 Å². The van der Waals surface area contributed by atoms with Crippen molar-refractivity contribution in [3.05, 3.63) is 70.8 Å². The molecule has 149 valence electrons. The summed E-state index contributed by atoms with van der Waals surface area (Å²) in [5, 5.41) is 21.3. The SMILES string of the molecule is CCCCc1ccccc1C(=O)[O-].CCCCc1ccccc1C(=O)[O-].[Cu+2]. The molecule has 0 saturated heterocycles. The van der Waals surface area contributed by atoms with Gasteiger partial charge in [0, 0.05) is 11.1 Å². The van der Waals surface area contributed by atoms with Gasteiger partial charge in [0.25, 0.3) is 0 Å². The molecule has 27 heavy (non-hydrogen) atoms. The molecule has 2 rings (SSSR count). The largest absolute Gasteiger partial charge is 2.00 e. The number of carboxylic acids is 2. The Hall–Kier alpha value is -2.10. The predicted octanol–water partition coefficient (Wildman–Crippen LogP) is 2.78. The topological polar surface area (TPSA) is 80.3 Å². The second-order valence-electron chi connectivity index (χ2n) is 6.10. The van der Waals surface area contributed by atoms with Crippen molar-refractivity contribution in [3.63, 3.8) is 0 Å². The number of carbonyl (C=O) groups excluding carboxylic acids is 2. The summed E-state index contributed by atoms with van der Waals surface area (Å²) in [7, 11) is 0. The summed E-state index contributed by atoms with van der Waals surface area (Å²) in [6.07, 6.45) is 5.82. The van der Waals surface area contributed by atoms with Crippen LogP contribution in [0.1, 0.15) is 71.4 Å². The van der Waals surface area contributed by atoms with E-state index >= 15 is 0 Å². The number of rotatable bonds is 8. The zero-order valence-corrected chi connectivity index (χ0v) is 16.7. The molecule has 2 aromatic rings. The third-order valence-electron chi connectivity index (χ3n) is 4.07. The minimum absolute atomic E-state index is 0. The molecule has 2 aromatic carbocycles. The Labute approximate surface area is 172 Å². The molecular formula is C22H26CuO4. The molecule has 0 aliphatic carbocycles. The fourth-order valence-corrected chi connectivity index (χ4v) is 2.61. The Morgan fingerprint density at radius 2 is 1.04 bits per heavy atom. The quantitative estimate of drug-likeness (QED) is 0.618. The van der Waals surface area contributed by atoms with Crippen molar-refractivity contribution in [2.75, 3.05) is 0 Å². The number of hydrogen-bond donors (Lipinski definition) is 0. The first-order valence-electron chi connectivity index (χ1n) is 9.09. The monoisotopic (exact) mass is 417 g/mol. The summed E-state index contributed by atoms with van der Waals surface area (Å²) in [5.74, 6) is -2.15. The first kappa shape index (κ1) is 24.9. The van der Waals surface area contributed by atoms with Crippen molar-refractivity contribution in [1.82, 2.24) is 0 Å². The van der Waals surface area contributed by atoms with E-state index in [-0.39, 0.29) is 17.1 Å². The first-order chi connectivity index (χ1) is 12.5. The van der Waals surface area contributed by atoms with Gasteiger partial charge in [-0.1, -0.05) is 75.2 Å². The second-order valence-corrected chi connectivity index (χ2v) is 6.10. The number of carboxylic acid groups (broad SMARTS) is 2. The van der Waals surface area contributed by atoms with E-state index in [2.05, 4.69) is 13.8 Å². The first-order valence-corrected chi connectivity index (χ1v) is 9.09. The minimum atomic E-state index is -1.08. The molecule has 0 atom stereocenters. The molecule has 0 fully saturated rings. The van der Waals surface area contributed by atoms with Crippen LogP contribution in [0.2, 0.25) is 0 Å². The van der Waals surface area contributed by atoms with Crippen LogP contribution in [-0.2, 0) is 29.9 Å². The third kappa shape index (κ3) is 8.89. The van der Waals surface area contributed by atoms with Gasteiger partial charge in [-0.25, -0.2) is 0 Å². The number of benzene rings is 2. The average Bonchev–Trinajstić information content (AvgIpc) is 2.65. The van der Waals surface area contributed by atoms with E-state index in [1.165, 1.54) is 0 Å². The molecule has 0 spiro atoms. The smallest absolute Gasteiger partial charge is 0.545 e. The van der Waals surface area contributed by atoms with Crippen LogP contribution in [0.4, 0.5) is 0 Å². The van der Waals surface area contributed by atoms with E-state index in [1.54, 1.807) is 24.3 Å². The Morgan fingerprint density at radius 3 is 1.33 bits per heavy atom. The molecule has 0 bridgehead atoms. The van der Waals surface area contributed by atoms with E-state index in [0.717, 1.165) is 49.7 Å². The number of carbonyl (C=O) groups is 2. The predicted molar refractivity (Wildman–Crippen MR) is 98.8 cm³/mol. The van der Waals surface area contributed by atoms with Gasteiger partial charge in [0.15, 0.2) is 0 Å². The molecule has 0 aliphatic heterocycles. The molecule has 0 aliphatic rings. The van der Waals surface area contributed by atoms with Gasteiger partial charge in [0.05, 0.1) is 11.9 Å². The maximum absolute atomic E-state index is 10.7.